The van der Waals surface area contributed by atoms with Gasteiger partial charge in [-0.3, -0.25) is 4.79 Å². The zero-order valence-electron chi connectivity index (χ0n) is 19.0. The molecule has 0 saturated heterocycles. The average Bonchev–Trinajstić information content (AvgIpc) is 3.16. The summed E-state index contributed by atoms with van der Waals surface area (Å²) in [7, 11) is 0. The number of hydrogen-bond acceptors (Lipinski definition) is 3. The van der Waals surface area contributed by atoms with Crippen LogP contribution in [0.4, 0.5) is 0 Å². The van der Waals surface area contributed by atoms with Crippen molar-refractivity contribution in [2.45, 2.75) is 33.2 Å². The van der Waals surface area contributed by atoms with Gasteiger partial charge in [-0.2, -0.15) is 0 Å². The number of nitrogens with zero attached hydrogens (tertiary/aromatic N) is 2. The molecular weight excluding hydrogens is 434 g/mol. The molecule has 3 aromatic carbocycles. The van der Waals surface area contributed by atoms with Crippen LogP contribution in [0.3, 0.4) is 0 Å². The summed E-state index contributed by atoms with van der Waals surface area (Å²) in [4.78, 5) is 17.2. The number of carbonyl (C=O) groups is 1. The Labute approximate surface area is 199 Å². The second-order valence-corrected chi connectivity index (χ2v) is 8.53. The second kappa shape index (κ2) is 10.5. The van der Waals surface area contributed by atoms with Crippen LogP contribution < -0.4 is 10.1 Å². The van der Waals surface area contributed by atoms with Gasteiger partial charge in [0, 0.05) is 13.0 Å². The lowest BCUT2D eigenvalue weighted by Gasteiger charge is -2.13. The molecule has 1 heterocycles. The third kappa shape index (κ3) is 5.55. The smallest absolute Gasteiger partial charge is 0.252 e. The summed E-state index contributed by atoms with van der Waals surface area (Å²) in [6.45, 7) is 5.96. The number of benzene rings is 3. The molecule has 4 aromatic rings. The van der Waals surface area contributed by atoms with E-state index in [0.29, 0.717) is 30.3 Å². The van der Waals surface area contributed by atoms with Crippen molar-refractivity contribution in [1.82, 2.24) is 14.9 Å². The van der Waals surface area contributed by atoms with Crippen LogP contribution in [0.5, 0.6) is 5.75 Å². The number of fused-ring (bicyclic) bond motifs is 1. The van der Waals surface area contributed by atoms with Crippen LogP contribution in [0, 0.1) is 13.8 Å². The topological polar surface area (TPSA) is 56.1 Å². The molecule has 0 fully saturated rings. The van der Waals surface area contributed by atoms with Crippen molar-refractivity contribution >= 4 is 28.5 Å². The Morgan fingerprint density at radius 2 is 1.85 bits per heavy atom. The van der Waals surface area contributed by atoms with E-state index in [9.17, 15) is 4.79 Å². The van der Waals surface area contributed by atoms with Gasteiger partial charge in [0.15, 0.2) is 0 Å². The largest absolute Gasteiger partial charge is 0.491 e. The van der Waals surface area contributed by atoms with Crippen molar-refractivity contribution in [3.63, 3.8) is 0 Å². The molecule has 0 saturated carbocycles. The molecule has 0 aliphatic rings. The highest BCUT2D eigenvalue weighted by molar-refractivity contribution is 6.33. The van der Waals surface area contributed by atoms with Crippen molar-refractivity contribution in [3.05, 3.63) is 94.3 Å². The predicted molar refractivity (Wildman–Crippen MR) is 133 cm³/mol. The Hall–Kier alpha value is -3.31. The van der Waals surface area contributed by atoms with Gasteiger partial charge in [0.05, 0.1) is 28.2 Å². The van der Waals surface area contributed by atoms with E-state index in [4.69, 9.17) is 21.3 Å². The zero-order chi connectivity index (χ0) is 23.2. The number of hydrogen-bond donors (Lipinski definition) is 1. The first-order chi connectivity index (χ1) is 16.0. The molecule has 0 spiro atoms. The third-order valence-corrected chi connectivity index (χ3v) is 5.95. The Bertz CT molecular complexity index is 1270. The minimum absolute atomic E-state index is 0.157. The van der Waals surface area contributed by atoms with Crippen LogP contribution in [0.1, 0.15) is 33.7 Å². The molecule has 1 aromatic heterocycles. The Morgan fingerprint density at radius 1 is 1.06 bits per heavy atom. The predicted octanol–water partition coefficient (Wildman–Crippen LogP) is 5.75. The average molecular weight is 462 g/mol. The first-order valence-electron chi connectivity index (χ1n) is 11.2. The third-order valence-electron chi connectivity index (χ3n) is 5.62. The summed E-state index contributed by atoms with van der Waals surface area (Å²) < 4.78 is 8.29. The summed E-state index contributed by atoms with van der Waals surface area (Å²) in [5, 5.41) is 3.41. The molecule has 33 heavy (non-hydrogen) atoms. The van der Waals surface area contributed by atoms with Crippen molar-refractivity contribution in [2.75, 3.05) is 13.2 Å². The van der Waals surface area contributed by atoms with Gasteiger partial charge in [0.25, 0.3) is 5.91 Å². The minimum Gasteiger partial charge on any atom is -0.491 e. The van der Waals surface area contributed by atoms with Gasteiger partial charge in [-0.1, -0.05) is 53.6 Å². The fourth-order valence-electron chi connectivity index (χ4n) is 3.96. The number of ether oxygens (including phenoxy) is 1. The Morgan fingerprint density at radius 3 is 2.67 bits per heavy atom. The standard InChI is InChI=1S/C27H28ClN3O2/c1-19-13-14-25(20(2)18-19)33-17-16-31-24-11-6-5-10-23(24)30-26(31)12-7-15-29-27(32)21-8-3-4-9-22(21)28/h3-6,8-11,13-14,18H,7,12,15-17H2,1-2H3,(H,29,32). The second-order valence-electron chi connectivity index (χ2n) is 8.13. The minimum atomic E-state index is -0.157. The number of imidazole rings is 1. The number of amides is 1. The van der Waals surface area contributed by atoms with Crippen molar-refractivity contribution in [2.24, 2.45) is 0 Å². The number of aryl methyl sites for hydroxylation is 3. The van der Waals surface area contributed by atoms with Crippen LogP contribution >= 0.6 is 11.6 Å². The maximum absolute atomic E-state index is 12.4. The first-order valence-corrected chi connectivity index (χ1v) is 11.6. The number of halogens is 1. The molecule has 0 bridgehead atoms. The lowest BCUT2D eigenvalue weighted by atomic mass is 10.1. The molecule has 1 amide bonds. The van der Waals surface area contributed by atoms with Crippen molar-refractivity contribution < 1.29 is 9.53 Å². The molecule has 170 valence electrons. The van der Waals surface area contributed by atoms with Gasteiger partial charge in [-0.25, -0.2) is 4.98 Å². The van der Waals surface area contributed by atoms with E-state index in [1.54, 1.807) is 12.1 Å². The molecule has 1 N–H and O–H groups in total. The molecular formula is C27H28ClN3O2. The molecule has 5 nitrogen and oxygen atoms in total. The molecule has 0 aliphatic heterocycles. The van der Waals surface area contributed by atoms with Gasteiger partial charge in [0.2, 0.25) is 0 Å². The maximum Gasteiger partial charge on any atom is 0.252 e. The Balaban J connectivity index is 1.38. The molecule has 4 rings (SSSR count). The highest BCUT2D eigenvalue weighted by Gasteiger charge is 2.12. The number of aromatic nitrogens is 2. The van der Waals surface area contributed by atoms with Gasteiger partial charge in [0.1, 0.15) is 18.2 Å². The van der Waals surface area contributed by atoms with E-state index in [0.717, 1.165) is 41.0 Å². The lowest BCUT2D eigenvalue weighted by molar-refractivity contribution is 0.0953. The molecule has 0 atom stereocenters. The van der Waals surface area contributed by atoms with E-state index < -0.39 is 0 Å². The number of carbonyl (C=O) groups excluding carboxylic acids is 1. The highest BCUT2D eigenvalue weighted by Crippen LogP contribution is 2.21. The van der Waals surface area contributed by atoms with Crippen LogP contribution in [-0.4, -0.2) is 28.6 Å². The Kier molecular flexibility index (Phi) is 7.30. The van der Waals surface area contributed by atoms with Gasteiger partial charge in [-0.15, -0.1) is 0 Å². The van der Waals surface area contributed by atoms with Crippen molar-refractivity contribution in [1.29, 1.82) is 0 Å². The fraction of sp³-hybridized carbons (Fsp3) is 0.259. The first kappa shape index (κ1) is 22.9. The monoisotopic (exact) mass is 461 g/mol. The number of nitrogens with one attached hydrogen (secondary N) is 1. The summed E-state index contributed by atoms with van der Waals surface area (Å²) in [6.07, 6.45) is 1.53. The molecule has 6 heteroatoms. The maximum atomic E-state index is 12.4. The summed E-state index contributed by atoms with van der Waals surface area (Å²) in [6, 6.07) is 21.4. The summed E-state index contributed by atoms with van der Waals surface area (Å²) in [5.74, 6) is 1.75. The van der Waals surface area contributed by atoms with Crippen LogP contribution in [0.25, 0.3) is 11.0 Å². The number of para-hydroxylation sites is 2. The quantitative estimate of drug-likeness (QED) is 0.323. The molecule has 0 unspecified atom stereocenters. The van der Waals surface area contributed by atoms with Gasteiger partial charge in [-0.05, 0) is 56.2 Å². The normalized spacial score (nSPS) is 11.0. The highest BCUT2D eigenvalue weighted by atomic mass is 35.5. The van der Waals surface area contributed by atoms with Crippen molar-refractivity contribution in [3.8, 4) is 5.75 Å². The van der Waals surface area contributed by atoms with E-state index in [2.05, 4.69) is 41.9 Å². The van der Waals surface area contributed by atoms with E-state index in [1.807, 2.05) is 36.4 Å². The zero-order valence-corrected chi connectivity index (χ0v) is 19.7. The SMILES string of the molecule is Cc1ccc(OCCn2c(CCCNC(=O)c3ccccc3Cl)nc3ccccc32)c(C)c1. The summed E-state index contributed by atoms with van der Waals surface area (Å²) >= 11 is 6.12. The van der Waals surface area contributed by atoms with E-state index in [-0.39, 0.29) is 5.91 Å². The molecule has 0 aliphatic carbocycles. The van der Waals surface area contributed by atoms with Crippen LogP contribution in [0.15, 0.2) is 66.7 Å². The van der Waals surface area contributed by atoms with E-state index >= 15 is 0 Å². The van der Waals surface area contributed by atoms with Crippen LogP contribution in [-0.2, 0) is 13.0 Å². The fourth-order valence-corrected chi connectivity index (χ4v) is 4.18. The molecule has 0 radical (unpaired) electrons. The van der Waals surface area contributed by atoms with Crippen LogP contribution in [0.2, 0.25) is 5.02 Å². The summed E-state index contributed by atoms with van der Waals surface area (Å²) in [5.41, 5.74) is 4.93. The lowest BCUT2D eigenvalue weighted by Crippen LogP contribution is -2.25. The number of rotatable bonds is 9. The van der Waals surface area contributed by atoms with Gasteiger partial charge >= 0.3 is 0 Å². The van der Waals surface area contributed by atoms with Gasteiger partial charge < -0.3 is 14.6 Å². The van der Waals surface area contributed by atoms with E-state index in [1.165, 1.54) is 5.56 Å².